The van der Waals surface area contributed by atoms with Crippen LogP contribution in [0.15, 0.2) is 12.2 Å². The van der Waals surface area contributed by atoms with Crippen LogP contribution in [0, 0.1) is 22.7 Å². The second-order valence-corrected chi connectivity index (χ2v) is 4.59. The second-order valence-electron chi connectivity index (χ2n) is 4.59. The van der Waals surface area contributed by atoms with Crippen molar-refractivity contribution >= 4 is 0 Å². The smallest absolute Gasteiger partial charge is 0.102 e. The Labute approximate surface area is 85.6 Å². The molecule has 0 spiro atoms. The summed E-state index contributed by atoms with van der Waals surface area (Å²) in [6, 6.07) is 2.41. The van der Waals surface area contributed by atoms with E-state index in [0.717, 1.165) is 19.3 Å². The molecular formula is C12H17NO. The van der Waals surface area contributed by atoms with Crippen LogP contribution in [0.25, 0.3) is 0 Å². The number of hydrogen-bond acceptors (Lipinski definition) is 2. The summed E-state index contributed by atoms with van der Waals surface area (Å²) in [5.41, 5.74) is 0.0202. The zero-order valence-electron chi connectivity index (χ0n) is 8.92. The fraction of sp³-hybridized carbons (Fsp3) is 0.750. The number of ether oxygens (including phenoxy) is 1. The number of fused-ring (bicyclic) bond motifs is 2. The van der Waals surface area contributed by atoms with Gasteiger partial charge in [-0.05, 0) is 31.1 Å². The summed E-state index contributed by atoms with van der Waals surface area (Å²) in [5, 5.41) is 9.16. The minimum Gasteiger partial charge on any atom is -0.373 e. The van der Waals surface area contributed by atoms with Crippen molar-refractivity contribution in [3.05, 3.63) is 12.2 Å². The molecule has 0 aromatic carbocycles. The van der Waals surface area contributed by atoms with Crippen LogP contribution >= 0.6 is 0 Å². The molecule has 1 saturated carbocycles. The van der Waals surface area contributed by atoms with Gasteiger partial charge >= 0.3 is 0 Å². The molecule has 3 aliphatic rings. The SMILES string of the molecule is CCC12C=CC(OC)(CC1)C(C#N)C2. The highest BCUT2D eigenvalue weighted by atomic mass is 16.5. The first-order valence-electron chi connectivity index (χ1n) is 5.35. The van der Waals surface area contributed by atoms with Gasteiger partial charge in [0.25, 0.3) is 0 Å². The maximum atomic E-state index is 9.16. The van der Waals surface area contributed by atoms with Gasteiger partial charge in [0.1, 0.15) is 5.60 Å². The van der Waals surface area contributed by atoms with Gasteiger partial charge < -0.3 is 4.74 Å². The monoisotopic (exact) mass is 191 g/mol. The van der Waals surface area contributed by atoms with Crippen molar-refractivity contribution in [3.8, 4) is 6.07 Å². The third-order valence-electron chi connectivity index (χ3n) is 4.17. The van der Waals surface area contributed by atoms with Crippen LogP contribution in [-0.2, 0) is 4.74 Å². The molecule has 3 rings (SSSR count). The lowest BCUT2D eigenvalue weighted by Gasteiger charge is -2.50. The van der Waals surface area contributed by atoms with Gasteiger partial charge in [0.05, 0.1) is 12.0 Å². The Hall–Kier alpha value is -0.810. The van der Waals surface area contributed by atoms with E-state index >= 15 is 0 Å². The van der Waals surface area contributed by atoms with E-state index in [-0.39, 0.29) is 11.5 Å². The van der Waals surface area contributed by atoms with Crippen molar-refractivity contribution in [2.75, 3.05) is 7.11 Å². The normalized spacial score (nSPS) is 45.1. The van der Waals surface area contributed by atoms with Crippen molar-refractivity contribution in [1.29, 1.82) is 5.26 Å². The fourth-order valence-corrected chi connectivity index (χ4v) is 2.87. The lowest BCUT2D eigenvalue weighted by molar-refractivity contribution is -0.0636. The van der Waals surface area contributed by atoms with Crippen LogP contribution in [0.3, 0.4) is 0 Å². The summed E-state index contributed by atoms with van der Waals surface area (Å²) in [4.78, 5) is 0. The van der Waals surface area contributed by atoms with E-state index in [0.29, 0.717) is 5.41 Å². The predicted octanol–water partition coefficient (Wildman–Crippen LogP) is 2.66. The van der Waals surface area contributed by atoms with Gasteiger partial charge in [-0.3, -0.25) is 0 Å². The number of rotatable bonds is 2. The molecule has 76 valence electrons. The summed E-state index contributed by atoms with van der Waals surface area (Å²) >= 11 is 0. The molecule has 1 fully saturated rings. The van der Waals surface area contributed by atoms with E-state index in [1.165, 1.54) is 6.42 Å². The lowest BCUT2D eigenvalue weighted by atomic mass is 9.57. The Bertz CT molecular complexity index is 304. The Kier molecular flexibility index (Phi) is 2.16. The first kappa shape index (κ1) is 9.73. The van der Waals surface area contributed by atoms with Crippen molar-refractivity contribution in [2.24, 2.45) is 11.3 Å². The molecule has 0 aromatic heterocycles. The molecule has 0 aliphatic heterocycles. The summed E-state index contributed by atoms with van der Waals surface area (Å²) in [6.45, 7) is 2.21. The number of allylic oxidation sites excluding steroid dienone is 1. The third kappa shape index (κ3) is 1.12. The highest BCUT2D eigenvalue weighted by molar-refractivity contribution is 5.25. The van der Waals surface area contributed by atoms with E-state index in [4.69, 9.17) is 10.00 Å². The summed E-state index contributed by atoms with van der Waals surface area (Å²) < 4.78 is 5.55. The minimum atomic E-state index is -0.272. The molecule has 0 radical (unpaired) electrons. The van der Waals surface area contributed by atoms with E-state index in [1.807, 2.05) is 0 Å². The Balaban J connectivity index is 2.36. The fourth-order valence-electron chi connectivity index (χ4n) is 2.87. The minimum absolute atomic E-state index is 0.0474. The van der Waals surface area contributed by atoms with Crippen molar-refractivity contribution < 1.29 is 4.74 Å². The van der Waals surface area contributed by atoms with Crippen molar-refractivity contribution in [2.45, 2.75) is 38.2 Å². The number of nitriles is 1. The van der Waals surface area contributed by atoms with Gasteiger partial charge in [0.15, 0.2) is 0 Å². The van der Waals surface area contributed by atoms with Gasteiger partial charge in [-0.25, -0.2) is 0 Å². The van der Waals surface area contributed by atoms with Gasteiger partial charge in [-0.15, -0.1) is 0 Å². The molecular weight excluding hydrogens is 174 g/mol. The standard InChI is InChI=1S/C12H17NO/c1-3-11-4-6-12(14-2,7-5-11)10(8-11)9-13/h4,6,10H,3,5,7-8H2,1-2H3. The average Bonchev–Trinajstić information content (AvgIpc) is 2.30. The zero-order valence-corrected chi connectivity index (χ0v) is 8.92. The number of methoxy groups -OCH3 is 1. The molecule has 0 amide bonds. The Morgan fingerprint density at radius 2 is 2.29 bits per heavy atom. The molecule has 2 heteroatoms. The molecule has 3 unspecified atom stereocenters. The first-order valence-corrected chi connectivity index (χ1v) is 5.35. The van der Waals surface area contributed by atoms with Crippen molar-refractivity contribution in [1.82, 2.24) is 0 Å². The Morgan fingerprint density at radius 1 is 1.50 bits per heavy atom. The molecule has 14 heavy (non-hydrogen) atoms. The highest BCUT2D eigenvalue weighted by Crippen LogP contribution is 2.53. The second kappa shape index (κ2) is 3.10. The molecule has 0 saturated heterocycles. The predicted molar refractivity (Wildman–Crippen MR) is 54.6 cm³/mol. The van der Waals surface area contributed by atoms with E-state index in [2.05, 4.69) is 25.1 Å². The average molecular weight is 191 g/mol. The van der Waals surface area contributed by atoms with E-state index < -0.39 is 0 Å². The number of hydrogen-bond donors (Lipinski definition) is 0. The maximum absolute atomic E-state index is 9.16. The van der Waals surface area contributed by atoms with Crippen molar-refractivity contribution in [3.63, 3.8) is 0 Å². The van der Waals surface area contributed by atoms with Gasteiger partial charge in [0.2, 0.25) is 0 Å². The molecule has 2 nitrogen and oxygen atoms in total. The summed E-state index contributed by atoms with van der Waals surface area (Å²) in [6.07, 6.45) is 8.72. The zero-order chi connectivity index (χ0) is 10.2. The van der Waals surface area contributed by atoms with Gasteiger partial charge in [-0.2, -0.15) is 5.26 Å². The van der Waals surface area contributed by atoms with Crippen LogP contribution in [0.1, 0.15) is 32.6 Å². The number of nitrogens with zero attached hydrogens (tertiary/aromatic N) is 1. The largest absolute Gasteiger partial charge is 0.373 e. The first-order chi connectivity index (χ1) is 6.70. The molecule has 3 aliphatic carbocycles. The third-order valence-corrected chi connectivity index (χ3v) is 4.17. The maximum Gasteiger partial charge on any atom is 0.102 e. The van der Waals surface area contributed by atoms with Crippen LogP contribution in [0.2, 0.25) is 0 Å². The van der Waals surface area contributed by atoms with E-state index in [1.54, 1.807) is 7.11 Å². The topological polar surface area (TPSA) is 33.0 Å². The van der Waals surface area contributed by atoms with Crippen LogP contribution in [0.4, 0.5) is 0 Å². The molecule has 2 bridgehead atoms. The van der Waals surface area contributed by atoms with Gasteiger partial charge in [-0.1, -0.05) is 19.1 Å². The quantitative estimate of drug-likeness (QED) is 0.629. The highest BCUT2D eigenvalue weighted by Gasteiger charge is 2.50. The van der Waals surface area contributed by atoms with Crippen LogP contribution in [-0.4, -0.2) is 12.7 Å². The van der Waals surface area contributed by atoms with E-state index in [9.17, 15) is 0 Å². The molecule has 0 aromatic rings. The summed E-state index contributed by atoms with van der Waals surface area (Å²) in [5.74, 6) is 0.0474. The molecule has 0 heterocycles. The van der Waals surface area contributed by atoms with Crippen LogP contribution < -0.4 is 0 Å². The van der Waals surface area contributed by atoms with Crippen LogP contribution in [0.5, 0.6) is 0 Å². The molecule has 0 N–H and O–H groups in total. The van der Waals surface area contributed by atoms with Gasteiger partial charge in [0, 0.05) is 7.11 Å². The summed E-state index contributed by atoms with van der Waals surface area (Å²) in [7, 11) is 1.72. The molecule has 3 atom stereocenters. The Morgan fingerprint density at radius 3 is 2.71 bits per heavy atom. The lowest BCUT2D eigenvalue weighted by Crippen LogP contribution is -2.49.